The summed E-state index contributed by atoms with van der Waals surface area (Å²) < 4.78 is 28.4. The van der Waals surface area contributed by atoms with Gasteiger partial charge in [-0.1, -0.05) is 178 Å². The number of nitrogens with one attached hydrogen (secondary N) is 2. The van der Waals surface area contributed by atoms with Crippen LogP contribution in [0.1, 0.15) is 218 Å². The fourth-order valence-corrected chi connectivity index (χ4v) is 9.51. The Labute approximate surface area is 571 Å². The third kappa shape index (κ3) is 43.7. The molecule has 0 heterocycles. The topological polar surface area (TPSA) is 113 Å². The van der Waals surface area contributed by atoms with E-state index in [1.165, 1.54) is 89.2 Å². The molecule has 3 aliphatic rings. The maximum atomic E-state index is 13.6. The number of carbonyl (C=O) groups is 1. The number of carbonyl (C=O) groups excluding carboxylic acids is 1. The number of halogens is 8. The zero-order chi connectivity index (χ0) is 65.4. The van der Waals surface area contributed by atoms with E-state index < -0.39 is 38.9 Å². The van der Waals surface area contributed by atoms with Crippen molar-refractivity contribution in [2.24, 2.45) is 38.5 Å². The number of rotatable bonds is 9. The second-order valence-corrected chi connectivity index (χ2v) is 34.1. The quantitative estimate of drug-likeness (QED) is 0.0651. The van der Waals surface area contributed by atoms with Gasteiger partial charge in [-0.25, -0.2) is 8.78 Å². The molecule has 0 unspecified atom stereocenters. The molecule has 0 aromatic heterocycles. The first kappa shape index (κ1) is 86.1. The van der Waals surface area contributed by atoms with Gasteiger partial charge in [0.1, 0.15) is 11.6 Å². The van der Waals surface area contributed by atoms with Crippen molar-refractivity contribution in [3.05, 3.63) is 153 Å². The monoisotopic (exact) mass is 1520 g/mol. The van der Waals surface area contributed by atoms with Crippen LogP contribution in [0.2, 0.25) is 0 Å². The molecule has 17 heteroatoms. The molecule has 4 aromatic carbocycles. The van der Waals surface area contributed by atoms with Crippen LogP contribution in [0, 0.1) is 52.6 Å². The minimum absolute atomic E-state index is 0.118. The summed E-state index contributed by atoms with van der Waals surface area (Å²) in [4.78, 5) is 11.7. The number of hydrogen-bond acceptors (Lipinski definition) is 5. The summed E-state index contributed by atoms with van der Waals surface area (Å²) in [5.41, 5.74) is 25.0. The molecule has 0 saturated heterocycles. The molecule has 0 fully saturated rings. The van der Waals surface area contributed by atoms with Gasteiger partial charge in [-0.3, -0.25) is 4.79 Å². The van der Waals surface area contributed by atoms with Crippen LogP contribution in [0.3, 0.4) is 0 Å². The molecule has 1 amide bonds. The molecule has 6 nitrogen and oxygen atoms in total. The number of aliphatic hydroxyl groups excluding tert-OH is 1. The van der Waals surface area contributed by atoms with Gasteiger partial charge in [-0.05, 0) is 168 Å². The van der Waals surface area contributed by atoms with E-state index in [2.05, 4.69) is 215 Å². The van der Waals surface area contributed by atoms with Gasteiger partial charge in [0.05, 0.1) is 12.1 Å². The zero-order valence-electron chi connectivity index (χ0n) is 54.3. The summed E-state index contributed by atoms with van der Waals surface area (Å²) in [5.74, 6) is -1.65. The van der Waals surface area contributed by atoms with Crippen molar-refractivity contribution in [2.75, 3.05) is 11.9 Å². The fraction of sp³-hybridized carbons (Fsp3) is 0.597. The molecule has 0 aliphatic heterocycles. The average molecular weight is 1530 g/mol. The van der Waals surface area contributed by atoms with Crippen molar-refractivity contribution in [2.45, 2.75) is 218 Å². The van der Waals surface area contributed by atoms with Crippen molar-refractivity contribution in [1.29, 1.82) is 0 Å². The molecule has 4 aromatic rings. The molecule has 466 valence electrons. The van der Waals surface area contributed by atoms with Crippen LogP contribution in [-0.2, 0) is 93.1 Å². The number of nitrogens with two attached hydrogens (primary N) is 2. The van der Waals surface area contributed by atoms with E-state index in [0.29, 0.717) is 16.4 Å². The number of aliphatic hydroxyl groups is 1. The van der Waals surface area contributed by atoms with Crippen molar-refractivity contribution in [3.8, 4) is 0 Å². The van der Waals surface area contributed by atoms with Crippen molar-refractivity contribution in [1.82, 2.24) is 10.6 Å². The van der Waals surface area contributed by atoms with E-state index >= 15 is 0 Å². The first-order valence-electron chi connectivity index (χ1n) is 29.3. The van der Waals surface area contributed by atoms with Crippen molar-refractivity contribution >= 4 is 76.5 Å². The van der Waals surface area contributed by atoms with E-state index in [4.69, 9.17) is 50.2 Å². The zero-order valence-corrected chi connectivity index (χ0v) is 69.4. The Kier molecular flexibility index (Phi) is 44.8. The van der Waals surface area contributed by atoms with Gasteiger partial charge < -0.3 is 41.1 Å². The second-order valence-electron chi connectivity index (χ2n) is 28.0. The van der Waals surface area contributed by atoms with E-state index in [-0.39, 0.29) is 53.2 Å². The van der Waals surface area contributed by atoms with E-state index in [0.717, 1.165) is 95.4 Å². The van der Waals surface area contributed by atoms with Gasteiger partial charge in [-0.15, -0.1) is 0 Å². The number of amides is 1. The van der Waals surface area contributed by atoms with Crippen molar-refractivity contribution in [3.63, 3.8) is 0 Å². The van der Waals surface area contributed by atoms with Crippen LogP contribution in [0.5, 0.6) is 0 Å². The molecule has 0 spiro atoms. The van der Waals surface area contributed by atoms with Gasteiger partial charge in [0, 0.05) is 47.5 Å². The third-order valence-electron chi connectivity index (χ3n) is 12.2. The Hall–Kier alpha value is 0.0401. The van der Waals surface area contributed by atoms with Crippen LogP contribution in [0.25, 0.3) is 0 Å². The Bertz CT molecular complexity index is 2400. The molecule has 84 heavy (non-hydrogen) atoms. The van der Waals surface area contributed by atoms with Crippen LogP contribution in [0.15, 0.2) is 77.3 Å². The van der Waals surface area contributed by atoms with Gasteiger partial charge in [0.2, 0.25) is 5.91 Å². The number of aryl methyl sites for hydroxylation is 3. The molecular formula is C67H104Br2Cl4F2N4O2Zn3. The molecule has 0 saturated carbocycles. The molecule has 0 radical (unpaired) electrons. The van der Waals surface area contributed by atoms with Crippen LogP contribution < -0.4 is 22.1 Å². The Balaban J connectivity index is 0. The van der Waals surface area contributed by atoms with Gasteiger partial charge in [0.15, 0.2) is 0 Å². The number of alkyl halides is 1. The fourth-order valence-electron chi connectivity index (χ4n) is 9.13. The second kappa shape index (κ2) is 43.7. The van der Waals surface area contributed by atoms with E-state index in [9.17, 15) is 18.7 Å². The third-order valence-corrected chi connectivity index (χ3v) is 14.4. The summed E-state index contributed by atoms with van der Waals surface area (Å²) in [6.07, 6.45) is 11.6. The van der Waals surface area contributed by atoms with Crippen LogP contribution in [-0.4, -0.2) is 35.0 Å². The number of hydrogen-bond donors (Lipinski definition) is 5. The summed E-state index contributed by atoms with van der Waals surface area (Å²) in [6.45, 7) is 41.8. The van der Waals surface area contributed by atoms with E-state index in [1.54, 1.807) is 0 Å². The molecule has 5 atom stereocenters. The predicted molar refractivity (Wildman–Crippen MR) is 357 cm³/mol. The summed E-state index contributed by atoms with van der Waals surface area (Å²) in [7, 11) is 19.4. The number of benzene rings is 4. The molecule has 0 bridgehead atoms. The Morgan fingerprint density at radius 1 is 0.643 bits per heavy atom. The van der Waals surface area contributed by atoms with Crippen molar-refractivity contribution < 1.29 is 68.5 Å². The van der Waals surface area contributed by atoms with E-state index in [1.807, 2.05) is 0 Å². The maximum absolute atomic E-state index is 13.6. The molecule has 3 aliphatic carbocycles. The van der Waals surface area contributed by atoms with Gasteiger partial charge in [-0.2, -0.15) is 10.8 Å². The van der Waals surface area contributed by atoms with Gasteiger partial charge >= 0.3 is 88.5 Å². The Morgan fingerprint density at radius 2 is 1.00 bits per heavy atom. The first-order valence-corrected chi connectivity index (χ1v) is 46.8. The molecule has 7 rings (SSSR count). The Morgan fingerprint density at radius 3 is 1.38 bits per heavy atom. The normalized spacial score (nSPS) is 16.7. The predicted octanol–water partition coefficient (Wildman–Crippen LogP) is 19.9. The van der Waals surface area contributed by atoms with Crippen LogP contribution in [0.4, 0.5) is 8.78 Å². The van der Waals surface area contributed by atoms with Crippen LogP contribution >= 0.6 is 70.6 Å². The standard InChI is InChI=1S/C27H36F2N2O2.C15H23N.C10H12BrN.C5H11Br.2C5H11.4ClH.3Zn/c1-17(32)31-25(13-19-10-21(28)14-22(29)11-19)26(33)16-30-24-7-5-6-20-9-8-18(12-23(20)24)15-27(2,3)4;1-15(2,3)10-11-7-8-12-5-4-6-14(16)13(12)9-11;11-8-5-4-7-2-1-3-10(12)9(7)6-8;1-5(2,3)4-6;2*1-5(2,3)4;;;;;;;/h8-12,14,24-26,30,33H,5-7,13,15-16H2,1-4H3,(H,31,32);7-9,14H,4-6,10,16H2,1-3H3;4-6,10H,1-3,12H2;4H2,1-3H3;2*1H2,2-4H3;4*1H;;;/q;;;;2*-1;;;;;3*+2/p-4/t24-,25-,26+;14-;10-;;;;;;;;;;/m000........../s1. The van der Waals surface area contributed by atoms with Gasteiger partial charge in [0.25, 0.3) is 0 Å². The minimum atomic E-state index is -0.931. The summed E-state index contributed by atoms with van der Waals surface area (Å²) in [6, 6.07) is 23.3. The average Bonchev–Trinajstić information content (AvgIpc) is 3.59. The number of fused-ring (bicyclic) bond motifs is 3. The summed E-state index contributed by atoms with van der Waals surface area (Å²) >= 11 is 7.60. The molecular weight excluding hydrogens is 1430 g/mol. The summed E-state index contributed by atoms with van der Waals surface area (Å²) in [5, 5.41) is 18.2. The first-order chi connectivity index (χ1) is 38.7. The molecule has 7 N–H and O–H groups in total. The SMILES string of the molecule is CC(=O)N[C@@H](Cc1cc(F)cc(F)c1)[C@H](O)CN[C@H]1CCCc2ccc(CC(C)(C)C)cc21.CC(C)(C)CBr.CC(C)(C)Cc1ccc2c(c1)[C@@H](N)CCC2.N[C@H]1CCCc2ccc(Br)cc21.[CH2-]C(C)(C)C.[CH2-]C(C)(C)C.[Cl][Zn+].[Cl][Zn+].[Cl][Zn][Cl].